The van der Waals surface area contributed by atoms with Crippen LogP contribution in [0.3, 0.4) is 0 Å². The SMILES string of the molecule is O=C(NCCc1ccc2c(c1)OCO2)C1Cc2ccccc2S1. The molecule has 23 heavy (non-hydrogen) atoms. The second-order valence-corrected chi connectivity index (χ2v) is 6.89. The molecule has 118 valence electrons. The van der Waals surface area contributed by atoms with Gasteiger partial charge in [0, 0.05) is 11.4 Å². The average Bonchev–Trinajstić information content (AvgIpc) is 3.20. The molecule has 1 amide bonds. The van der Waals surface area contributed by atoms with Crippen LogP contribution in [-0.2, 0) is 17.6 Å². The Morgan fingerprint density at radius 3 is 2.96 bits per heavy atom. The number of thioether (sulfide) groups is 1. The Morgan fingerprint density at radius 1 is 1.17 bits per heavy atom. The third-order valence-corrected chi connectivity index (χ3v) is 5.41. The molecule has 0 saturated carbocycles. The fourth-order valence-corrected chi connectivity index (χ4v) is 4.09. The quantitative estimate of drug-likeness (QED) is 0.938. The van der Waals surface area contributed by atoms with Crippen molar-refractivity contribution in [3.05, 3.63) is 53.6 Å². The maximum absolute atomic E-state index is 12.3. The van der Waals surface area contributed by atoms with Crippen molar-refractivity contribution in [1.29, 1.82) is 0 Å². The Kier molecular flexibility index (Phi) is 3.87. The molecule has 1 atom stereocenters. The molecule has 2 aromatic rings. The Labute approximate surface area is 139 Å². The Bertz CT molecular complexity index is 722. The summed E-state index contributed by atoms with van der Waals surface area (Å²) in [5.74, 6) is 1.69. The van der Waals surface area contributed by atoms with Gasteiger partial charge in [0.2, 0.25) is 12.7 Å². The van der Waals surface area contributed by atoms with Gasteiger partial charge in [-0.15, -0.1) is 11.8 Å². The summed E-state index contributed by atoms with van der Waals surface area (Å²) in [5, 5.41) is 3.03. The van der Waals surface area contributed by atoms with E-state index in [0.717, 1.165) is 29.9 Å². The Morgan fingerprint density at radius 2 is 2.04 bits per heavy atom. The summed E-state index contributed by atoms with van der Waals surface area (Å²) in [4.78, 5) is 13.5. The van der Waals surface area contributed by atoms with Crippen molar-refractivity contribution in [1.82, 2.24) is 5.32 Å². The van der Waals surface area contributed by atoms with E-state index in [4.69, 9.17) is 9.47 Å². The first-order valence-electron chi connectivity index (χ1n) is 7.70. The summed E-state index contributed by atoms with van der Waals surface area (Å²) in [5.41, 5.74) is 2.41. The predicted octanol–water partition coefficient (Wildman–Crippen LogP) is 2.79. The number of fused-ring (bicyclic) bond motifs is 2. The first kappa shape index (κ1) is 14.5. The lowest BCUT2D eigenvalue weighted by atomic mass is 10.1. The zero-order valence-corrected chi connectivity index (χ0v) is 13.4. The molecule has 4 rings (SSSR count). The Hall–Kier alpha value is -2.14. The van der Waals surface area contributed by atoms with Crippen molar-refractivity contribution in [3.63, 3.8) is 0 Å². The highest BCUT2D eigenvalue weighted by Gasteiger charge is 2.27. The highest BCUT2D eigenvalue weighted by Crippen LogP contribution is 2.36. The molecule has 2 aliphatic rings. The molecule has 0 fully saturated rings. The number of carbonyl (C=O) groups excluding carboxylic acids is 1. The summed E-state index contributed by atoms with van der Waals surface area (Å²) >= 11 is 1.66. The second-order valence-electron chi connectivity index (χ2n) is 5.65. The van der Waals surface area contributed by atoms with E-state index in [-0.39, 0.29) is 18.0 Å². The monoisotopic (exact) mass is 327 g/mol. The van der Waals surface area contributed by atoms with Crippen molar-refractivity contribution < 1.29 is 14.3 Å². The summed E-state index contributed by atoms with van der Waals surface area (Å²) < 4.78 is 10.7. The molecule has 2 heterocycles. The third-order valence-electron chi connectivity index (χ3n) is 4.09. The largest absolute Gasteiger partial charge is 0.454 e. The molecule has 1 unspecified atom stereocenters. The van der Waals surface area contributed by atoms with Crippen molar-refractivity contribution in [3.8, 4) is 11.5 Å². The van der Waals surface area contributed by atoms with Gasteiger partial charge in [-0.2, -0.15) is 0 Å². The van der Waals surface area contributed by atoms with Crippen LogP contribution in [0.4, 0.5) is 0 Å². The predicted molar refractivity (Wildman–Crippen MR) is 89.1 cm³/mol. The summed E-state index contributed by atoms with van der Waals surface area (Å²) in [7, 11) is 0. The second kappa shape index (κ2) is 6.16. The van der Waals surface area contributed by atoms with E-state index in [1.54, 1.807) is 11.8 Å². The van der Waals surface area contributed by atoms with E-state index in [2.05, 4.69) is 17.4 Å². The van der Waals surface area contributed by atoms with Crippen molar-refractivity contribution in [2.45, 2.75) is 23.0 Å². The molecule has 5 heteroatoms. The fourth-order valence-electron chi connectivity index (χ4n) is 2.87. The maximum Gasteiger partial charge on any atom is 0.233 e. The molecule has 0 aromatic heterocycles. The molecule has 2 aliphatic heterocycles. The highest BCUT2D eigenvalue weighted by atomic mass is 32.2. The maximum atomic E-state index is 12.3. The zero-order chi connectivity index (χ0) is 15.6. The van der Waals surface area contributed by atoms with Crippen LogP contribution in [0.25, 0.3) is 0 Å². The molecule has 2 aromatic carbocycles. The number of amides is 1. The number of rotatable bonds is 4. The van der Waals surface area contributed by atoms with Crippen molar-refractivity contribution >= 4 is 17.7 Å². The van der Waals surface area contributed by atoms with Crippen LogP contribution in [-0.4, -0.2) is 24.5 Å². The minimum Gasteiger partial charge on any atom is -0.454 e. The number of ether oxygens (including phenoxy) is 2. The first-order valence-corrected chi connectivity index (χ1v) is 8.58. The molecular weight excluding hydrogens is 310 g/mol. The van der Waals surface area contributed by atoms with Crippen LogP contribution < -0.4 is 14.8 Å². The minimum atomic E-state index is -0.0100. The number of hydrogen-bond donors (Lipinski definition) is 1. The van der Waals surface area contributed by atoms with Gasteiger partial charge in [-0.3, -0.25) is 4.79 Å². The fraction of sp³-hybridized carbons (Fsp3) is 0.278. The van der Waals surface area contributed by atoms with E-state index < -0.39 is 0 Å². The van der Waals surface area contributed by atoms with Gasteiger partial charge < -0.3 is 14.8 Å². The third kappa shape index (κ3) is 3.01. The van der Waals surface area contributed by atoms with E-state index in [1.807, 2.05) is 30.3 Å². The number of hydrogen-bond acceptors (Lipinski definition) is 4. The van der Waals surface area contributed by atoms with Gasteiger partial charge in [-0.1, -0.05) is 24.3 Å². The number of carbonyl (C=O) groups is 1. The molecule has 1 N–H and O–H groups in total. The van der Waals surface area contributed by atoms with Gasteiger partial charge in [0.15, 0.2) is 11.5 Å². The van der Waals surface area contributed by atoms with Crippen LogP contribution in [0.2, 0.25) is 0 Å². The summed E-state index contributed by atoms with van der Waals surface area (Å²) in [6.07, 6.45) is 1.60. The molecule has 4 nitrogen and oxygen atoms in total. The molecular formula is C18H17NO3S. The van der Waals surface area contributed by atoms with Gasteiger partial charge >= 0.3 is 0 Å². The normalized spacial score (nSPS) is 17.8. The molecule has 0 saturated heterocycles. The van der Waals surface area contributed by atoms with E-state index in [1.165, 1.54) is 10.5 Å². The Balaban J connectivity index is 1.29. The highest BCUT2D eigenvalue weighted by molar-refractivity contribution is 8.01. The molecule has 0 spiro atoms. The van der Waals surface area contributed by atoms with Gasteiger partial charge in [-0.25, -0.2) is 0 Å². The molecule has 0 aliphatic carbocycles. The van der Waals surface area contributed by atoms with Gasteiger partial charge in [0.25, 0.3) is 0 Å². The standard InChI is InChI=1S/C18H17NO3S/c20-18(17-10-13-3-1-2-4-16(13)23-17)19-8-7-12-5-6-14-15(9-12)22-11-21-14/h1-6,9,17H,7-8,10-11H2,(H,19,20). The zero-order valence-electron chi connectivity index (χ0n) is 12.6. The van der Waals surface area contributed by atoms with E-state index in [0.29, 0.717) is 6.54 Å². The van der Waals surface area contributed by atoms with Crippen molar-refractivity contribution in [2.24, 2.45) is 0 Å². The lowest BCUT2D eigenvalue weighted by Crippen LogP contribution is -2.33. The summed E-state index contributed by atoms with van der Waals surface area (Å²) in [6.45, 7) is 0.918. The summed E-state index contributed by atoms with van der Waals surface area (Å²) in [6, 6.07) is 14.1. The van der Waals surface area contributed by atoms with E-state index in [9.17, 15) is 4.79 Å². The first-order chi connectivity index (χ1) is 11.3. The molecule has 0 radical (unpaired) electrons. The van der Waals surface area contributed by atoms with Crippen LogP contribution in [0, 0.1) is 0 Å². The minimum absolute atomic E-state index is 0.0100. The average molecular weight is 327 g/mol. The van der Waals surface area contributed by atoms with Crippen LogP contribution in [0.5, 0.6) is 11.5 Å². The number of nitrogens with one attached hydrogen (secondary N) is 1. The topological polar surface area (TPSA) is 47.6 Å². The molecule has 0 bridgehead atoms. The smallest absolute Gasteiger partial charge is 0.233 e. The van der Waals surface area contributed by atoms with Crippen LogP contribution in [0.15, 0.2) is 47.4 Å². The number of benzene rings is 2. The van der Waals surface area contributed by atoms with E-state index >= 15 is 0 Å². The van der Waals surface area contributed by atoms with Gasteiger partial charge in [-0.05, 0) is 42.2 Å². The van der Waals surface area contributed by atoms with Crippen LogP contribution in [0.1, 0.15) is 11.1 Å². The lowest BCUT2D eigenvalue weighted by molar-refractivity contribution is -0.120. The van der Waals surface area contributed by atoms with Crippen LogP contribution >= 0.6 is 11.8 Å². The lowest BCUT2D eigenvalue weighted by Gasteiger charge is -2.10. The van der Waals surface area contributed by atoms with Crippen molar-refractivity contribution in [2.75, 3.05) is 13.3 Å². The van der Waals surface area contributed by atoms with Gasteiger partial charge in [0.05, 0.1) is 5.25 Å². The van der Waals surface area contributed by atoms with Gasteiger partial charge in [0.1, 0.15) is 0 Å².